The van der Waals surface area contributed by atoms with Crippen molar-refractivity contribution in [2.45, 2.75) is 110 Å². The molecule has 0 aliphatic rings. The summed E-state index contributed by atoms with van der Waals surface area (Å²) in [4.78, 5) is 11.9. The van der Waals surface area contributed by atoms with Gasteiger partial charge in [-0.2, -0.15) is 0 Å². The molecule has 0 spiro atoms. The highest BCUT2D eigenvalue weighted by Gasteiger charge is 2.12. The van der Waals surface area contributed by atoms with Crippen LogP contribution < -0.4 is 0 Å². The molecule has 0 saturated carbocycles. The molecule has 0 N–H and O–H groups in total. The van der Waals surface area contributed by atoms with Gasteiger partial charge in [-0.1, -0.05) is 58.3 Å². The number of esters is 1. The molecule has 0 heterocycles. The summed E-state index contributed by atoms with van der Waals surface area (Å²) in [6.45, 7) is 9.50. The second kappa shape index (κ2) is 18.7. The molecule has 0 aromatic carbocycles. The summed E-state index contributed by atoms with van der Waals surface area (Å²) in [5.74, 6) is -0.119. The molecule has 27 heavy (non-hydrogen) atoms. The number of hydrogen-bond acceptors (Lipinski definition) is 5. The fourth-order valence-electron chi connectivity index (χ4n) is 2.83. The molecule has 0 aliphatic carbocycles. The average molecular weight is 389 g/mol. The molecule has 0 radical (unpaired) electrons. The normalized spacial score (nSPS) is 14.7. The molecule has 0 aromatic heterocycles. The van der Waals surface area contributed by atoms with Crippen LogP contribution in [0.15, 0.2) is 0 Å². The van der Waals surface area contributed by atoms with Crippen LogP contribution in [0, 0.1) is 0 Å². The number of unbranched alkanes of at least 4 members (excludes halogenated alkanes) is 8. The molecule has 5 nitrogen and oxygen atoms in total. The largest absolute Gasteiger partial charge is 0.460 e. The Bertz CT molecular complexity index is 335. The predicted octanol–water partition coefficient (Wildman–Crippen LogP) is 5.30. The first-order valence-electron chi connectivity index (χ1n) is 10.9. The highest BCUT2D eigenvalue weighted by Crippen LogP contribution is 2.11. The molecule has 0 rings (SSSR count). The minimum Gasteiger partial charge on any atom is -0.460 e. The van der Waals surface area contributed by atoms with Crippen molar-refractivity contribution in [3.63, 3.8) is 0 Å². The maximum atomic E-state index is 11.9. The first kappa shape index (κ1) is 26.4. The van der Waals surface area contributed by atoms with Gasteiger partial charge in [0.1, 0.15) is 6.10 Å². The fourth-order valence-corrected chi connectivity index (χ4v) is 2.83. The zero-order valence-corrected chi connectivity index (χ0v) is 18.5. The van der Waals surface area contributed by atoms with Crippen molar-refractivity contribution in [2.75, 3.05) is 26.9 Å². The molecule has 0 aliphatic heterocycles. The number of ether oxygens (including phenoxy) is 4. The van der Waals surface area contributed by atoms with E-state index >= 15 is 0 Å². The third-order valence-corrected chi connectivity index (χ3v) is 4.45. The predicted molar refractivity (Wildman–Crippen MR) is 110 cm³/mol. The van der Waals surface area contributed by atoms with Gasteiger partial charge >= 0.3 is 5.97 Å². The number of methoxy groups -OCH3 is 1. The van der Waals surface area contributed by atoms with Gasteiger partial charge in [-0.3, -0.25) is 4.79 Å². The van der Waals surface area contributed by atoms with E-state index in [2.05, 4.69) is 6.92 Å². The molecule has 0 bridgehead atoms. The van der Waals surface area contributed by atoms with Gasteiger partial charge in [0.05, 0.1) is 32.0 Å². The van der Waals surface area contributed by atoms with E-state index in [1.807, 2.05) is 20.8 Å². The van der Waals surface area contributed by atoms with Crippen LogP contribution in [0.2, 0.25) is 0 Å². The van der Waals surface area contributed by atoms with Crippen molar-refractivity contribution in [3.05, 3.63) is 0 Å². The van der Waals surface area contributed by atoms with Gasteiger partial charge < -0.3 is 18.9 Å². The van der Waals surface area contributed by atoms with Gasteiger partial charge in [0.2, 0.25) is 0 Å². The van der Waals surface area contributed by atoms with E-state index in [1.165, 1.54) is 44.9 Å². The standard InChI is InChI=1S/C22H44O5/c1-6-7-8-9-10-11-12-13-14-15-22(23)27-21(4)18-26-20(3)17-25-19(2)16-24-5/h19-21H,6-18H2,1-5H3. The van der Waals surface area contributed by atoms with Gasteiger partial charge in [-0.15, -0.1) is 0 Å². The maximum Gasteiger partial charge on any atom is 0.306 e. The van der Waals surface area contributed by atoms with Gasteiger partial charge in [0, 0.05) is 13.5 Å². The van der Waals surface area contributed by atoms with Gasteiger partial charge in [0.15, 0.2) is 0 Å². The maximum absolute atomic E-state index is 11.9. The second-order valence-corrected chi connectivity index (χ2v) is 7.62. The molecule has 0 amide bonds. The minimum atomic E-state index is -0.227. The summed E-state index contributed by atoms with van der Waals surface area (Å²) >= 11 is 0. The first-order valence-corrected chi connectivity index (χ1v) is 10.9. The molecular formula is C22H44O5. The van der Waals surface area contributed by atoms with E-state index < -0.39 is 0 Å². The summed E-state index contributed by atoms with van der Waals surface area (Å²) in [5.41, 5.74) is 0. The lowest BCUT2D eigenvalue weighted by molar-refractivity contribution is -0.153. The van der Waals surface area contributed by atoms with Crippen LogP contribution in [-0.4, -0.2) is 51.2 Å². The Labute approximate surface area is 167 Å². The quantitative estimate of drug-likeness (QED) is 0.222. The molecule has 0 saturated heterocycles. The Morgan fingerprint density at radius 1 is 0.704 bits per heavy atom. The van der Waals surface area contributed by atoms with Crippen LogP contribution in [0.3, 0.4) is 0 Å². The van der Waals surface area contributed by atoms with Crippen LogP contribution in [0.1, 0.15) is 91.9 Å². The molecule has 3 atom stereocenters. The van der Waals surface area contributed by atoms with E-state index in [-0.39, 0.29) is 24.3 Å². The topological polar surface area (TPSA) is 54.0 Å². The Hall–Kier alpha value is -0.650. The third kappa shape index (κ3) is 18.5. The van der Waals surface area contributed by atoms with E-state index in [9.17, 15) is 4.79 Å². The Morgan fingerprint density at radius 2 is 1.19 bits per heavy atom. The fraction of sp³-hybridized carbons (Fsp3) is 0.955. The van der Waals surface area contributed by atoms with E-state index in [0.717, 1.165) is 12.8 Å². The van der Waals surface area contributed by atoms with Crippen LogP contribution in [0.25, 0.3) is 0 Å². The molecule has 5 heteroatoms. The smallest absolute Gasteiger partial charge is 0.306 e. The van der Waals surface area contributed by atoms with Crippen molar-refractivity contribution in [2.24, 2.45) is 0 Å². The molecular weight excluding hydrogens is 344 g/mol. The zero-order chi connectivity index (χ0) is 20.3. The highest BCUT2D eigenvalue weighted by atomic mass is 16.6. The summed E-state index contributed by atoms with van der Waals surface area (Å²) in [7, 11) is 1.66. The lowest BCUT2D eigenvalue weighted by atomic mass is 10.1. The summed E-state index contributed by atoms with van der Waals surface area (Å²) in [5, 5.41) is 0. The second-order valence-electron chi connectivity index (χ2n) is 7.62. The van der Waals surface area contributed by atoms with Gasteiger partial charge in [0.25, 0.3) is 0 Å². The van der Waals surface area contributed by atoms with Crippen LogP contribution in [-0.2, 0) is 23.7 Å². The van der Waals surface area contributed by atoms with Crippen LogP contribution in [0.4, 0.5) is 0 Å². The molecule has 162 valence electrons. The first-order chi connectivity index (χ1) is 13.0. The van der Waals surface area contributed by atoms with Crippen LogP contribution in [0.5, 0.6) is 0 Å². The SMILES string of the molecule is CCCCCCCCCCCC(=O)OC(C)COC(C)COC(C)COC. The highest BCUT2D eigenvalue weighted by molar-refractivity contribution is 5.69. The van der Waals surface area contributed by atoms with Crippen molar-refractivity contribution < 1.29 is 23.7 Å². The lowest BCUT2D eigenvalue weighted by Gasteiger charge is -2.19. The third-order valence-electron chi connectivity index (χ3n) is 4.45. The number of hydrogen-bond donors (Lipinski definition) is 0. The van der Waals surface area contributed by atoms with E-state index in [1.54, 1.807) is 7.11 Å². The van der Waals surface area contributed by atoms with Gasteiger partial charge in [-0.05, 0) is 27.2 Å². The summed E-state index contributed by atoms with van der Waals surface area (Å²) in [6.07, 6.45) is 11.5. The Kier molecular flexibility index (Phi) is 18.3. The van der Waals surface area contributed by atoms with Crippen molar-refractivity contribution in [1.82, 2.24) is 0 Å². The number of rotatable bonds is 19. The average Bonchev–Trinajstić information content (AvgIpc) is 2.63. The van der Waals surface area contributed by atoms with E-state index in [4.69, 9.17) is 18.9 Å². The Balaban J connectivity index is 3.55. The molecule has 3 unspecified atom stereocenters. The molecule has 0 fully saturated rings. The number of carbonyl (C=O) groups is 1. The van der Waals surface area contributed by atoms with Crippen LogP contribution >= 0.6 is 0 Å². The lowest BCUT2D eigenvalue weighted by Crippen LogP contribution is -2.27. The molecule has 0 aromatic rings. The minimum absolute atomic E-state index is 0.0391. The van der Waals surface area contributed by atoms with Crippen molar-refractivity contribution >= 4 is 5.97 Å². The van der Waals surface area contributed by atoms with E-state index in [0.29, 0.717) is 26.2 Å². The summed E-state index contributed by atoms with van der Waals surface area (Å²) in [6, 6.07) is 0. The Morgan fingerprint density at radius 3 is 1.74 bits per heavy atom. The zero-order valence-electron chi connectivity index (χ0n) is 18.5. The van der Waals surface area contributed by atoms with Crippen molar-refractivity contribution in [1.29, 1.82) is 0 Å². The number of carbonyl (C=O) groups excluding carboxylic acids is 1. The monoisotopic (exact) mass is 388 g/mol. The van der Waals surface area contributed by atoms with Crippen molar-refractivity contribution in [3.8, 4) is 0 Å². The summed E-state index contributed by atoms with van der Waals surface area (Å²) < 4.78 is 21.7. The van der Waals surface area contributed by atoms with Gasteiger partial charge in [-0.25, -0.2) is 0 Å².